The molecule has 3 rings (SSSR count). The number of alkyl carbamates (subject to hydrolysis) is 1. The molecule has 0 radical (unpaired) electrons. The van der Waals surface area contributed by atoms with E-state index in [9.17, 15) is 19.5 Å². The van der Waals surface area contributed by atoms with Crippen molar-refractivity contribution in [1.82, 2.24) is 10.2 Å². The third-order valence-corrected chi connectivity index (χ3v) is 6.53. The van der Waals surface area contributed by atoms with Gasteiger partial charge in [-0.1, -0.05) is 69.3 Å². The van der Waals surface area contributed by atoms with Crippen molar-refractivity contribution in [3.63, 3.8) is 0 Å². The second-order valence-corrected chi connectivity index (χ2v) is 10.7. The molecular weight excluding hydrogens is 444 g/mol. The average molecular weight is 481 g/mol. The Balaban J connectivity index is 1.77. The first-order chi connectivity index (χ1) is 16.4. The number of amides is 2. The maximum Gasteiger partial charge on any atom is 0.407 e. The number of likely N-dealkylation sites (N-methyl/N-ethyl adjacent to an activating group) is 1. The first-order valence-corrected chi connectivity index (χ1v) is 12.0. The fourth-order valence-electron chi connectivity index (χ4n) is 4.72. The zero-order valence-electron chi connectivity index (χ0n) is 21.4. The molecule has 0 saturated carbocycles. The Morgan fingerprint density at radius 1 is 0.971 bits per heavy atom. The molecule has 1 atom stereocenters. The lowest BCUT2D eigenvalue weighted by atomic mass is 9.87. The Labute approximate surface area is 207 Å². The molecule has 2 N–H and O–H groups in total. The van der Waals surface area contributed by atoms with Gasteiger partial charge >= 0.3 is 12.1 Å². The van der Waals surface area contributed by atoms with Crippen LogP contribution in [0.15, 0.2) is 48.5 Å². The van der Waals surface area contributed by atoms with Crippen molar-refractivity contribution >= 4 is 18.0 Å². The van der Waals surface area contributed by atoms with Crippen LogP contribution in [0, 0.1) is 5.41 Å². The standard InChI is InChI=1S/C28H36N2O5/c1-7-30(28(5,6)25(32)33)24(31)23(16-27(2,3)4)29-26(34)35-17-22-20-14-10-8-12-18(20)19-13-9-11-15-21(19)22/h8-15,22-23H,7,16-17H2,1-6H3,(H,29,34)(H,32,33). The number of carboxylic acids is 1. The molecule has 0 saturated heterocycles. The molecule has 0 aliphatic heterocycles. The Hall–Kier alpha value is -3.35. The van der Waals surface area contributed by atoms with Gasteiger partial charge in [0.15, 0.2) is 0 Å². The van der Waals surface area contributed by atoms with Crippen LogP contribution in [0.1, 0.15) is 65.0 Å². The van der Waals surface area contributed by atoms with Crippen LogP contribution in [-0.4, -0.2) is 52.7 Å². The lowest BCUT2D eigenvalue weighted by Gasteiger charge is -2.38. The van der Waals surface area contributed by atoms with Gasteiger partial charge in [0.2, 0.25) is 5.91 Å². The van der Waals surface area contributed by atoms with Crippen LogP contribution >= 0.6 is 0 Å². The van der Waals surface area contributed by atoms with Gasteiger partial charge in [-0.3, -0.25) is 4.79 Å². The average Bonchev–Trinajstić information content (AvgIpc) is 3.10. The molecule has 2 amide bonds. The summed E-state index contributed by atoms with van der Waals surface area (Å²) >= 11 is 0. The normalized spacial score (nSPS) is 14.0. The van der Waals surface area contributed by atoms with E-state index in [0.717, 1.165) is 22.3 Å². The number of fused-ring (bicyclic) bond motifs is 3. The van der Waals surface area contributed by atoms with Crippen molar-refractivity contribution in [3.05, 3.63) is 59.7 Å². The molecule has 7 nitrogen and oxygen atoms in total. The summed E-state index contributed by atoms with van der Waals surface area (Å²) in [6.07, 6.45) is -0.360. The summed E-state index contributed by atoms with van der Waals surface area (Å²) in [5.41, 5.74) is 2.77. The molecular formula is C28H36N2O5. The summed E-state index contributed by atoms with van der Waals surface area (Å²) in [7, 11) is 0. The fraction of sp³-hybridized carbons (Fsp3) is 0.464. The number of carbonyl (C=O) groups is 3. The van der Waals surface area contributed by atoms with Crippen molar-refractivity contribution in [1.29, 1.82) is 0 Å². The zero-order chi connectivity index (χ0) is 26.0. The molecule has 188 valence electrons. The van der Waals surface area contributed by atoms with Crippen LogP contribution in [0.4, 0.5) is 4.79 Å². The second kappa shape index (κ2) is 10.1. The highest BCUT2D eigenvalue weighted by molar-refractivity contribution is 5.91. The number of nitrogens with zero attached hydrogens (tertiary/aromatic N) is 1. The fourth-order valence-corrected chi connectivity index (χ4v) is 4.72. The lowest BCUT2D eigenvalue weighted by molar-refractivity contribution is -0.157. The quantitative estimate of drug-likeness (QED) is 0.552. The van der Waals surface area contributed by atoms with Gasteiger partial charge in [0.05, 0.1) is 0 Å². The number of nitrogens with one attached hydrogen (secondary N) is 1. The van der Waals surface area contributed by atoms with E-state index in [-0.39, 0.29) is 24.5 Å². The van der Waals surface area contributed by atoms with E-state index in [1.165, 1.54) is 18.7 Å². The van der Waals surface area contributed by atoms with Gasteiger partial charge in [-0.05, 0) is 54.9 Å². The molecule has 0 heterocycles. The summed E-state index contributed by atoms with van der Waals surface area (Å²) in [6.45, 7) is 10.9. The molecule has 1 aliphatic carbocycles. The Morgan fingerprint density at radius 2 is 1.49 bits per heavy atom. The number of benzene rings is 2. The number of ether oxygens (including phenoxy) is 1. The van der Waals surface area contributed by atoms with Crippen molar-refractivity contribution < 1.29 is 24.2 Å². The van der Waals surface area contributed by atoms with Gasteiger partial charge < -0.3 is 20.1 Å². The predicted molar refractivity (Wildman–Crippen MR) is 135 cm³/mol. The first-order valence-electron chi connectivity index (χ1n) is 12.0. The number of hydrogen-bond donors (Lipinski definition) is 2. The van der Waals surface area contributed by atoms with Crippen LogP contribution in [0.3, 0.4) is 0 Å². The molecule has 35 heavy (non-hydrogen) atoms. The van der Waals surface area contributed by atoms with Gasteiger partial charge in [0, 0.05) is 12.5 Å². The first kappa shape index (κ1) is 26.3. The van der Waals surface area contributed by atoms with Gasteiger partial charge in [-0.2, -0.15) is 0 Å². The topological polar surface area (TPSA) is 95.9 Å². The molecule has 0 fully saturated rings. The van der Waals surface area contributed by atoms with Crippen molar-refractivity contribution in [2.24, 2.45) is 5.41 Å². The summed E-state index contributed by atoms with van der Waals surface area (Å²) < 4.78 is 5.64. The predicted octanol–water partition coefficient (Wildman–Crippen LogP) is 5.04. The van der Waals surface area contributed by atoms with Gasteiger partial charge in [-0.15, -0.1) is 0 Å². The largest absolute Gasteiger partial charge is 0.480 e. The smallest absolute Gasteiger partial charge is 0.407 e. The van der Waals surface area contributed by atoms with E-state index < -0.39 is 29.6 Å². The van der Waals surface area contributed by atoms with Crippen LogP contribution in [0.5, 0.6) is 0 Å². The highest BCUT2D eigenvalue weighted by Gasteiger charge is 2.41. The van der Waals surface area contributed by atoms with E-state index in [2.05, 4.69) is 17.4 Å². The van der Waals surface area contributed by atoms with Crippen molar-refractivity contribution in [2.45, 2.75) is 65.5 Å². The molecule has 2 aromatic rings. The highest BCUT2D eigenvalue weighted by atomic mass is 16.5. The SMILES string of the molecule is CCN(C(=O)C(CC(C)(C)C)NC(=O)OCC1c2ccccc2-c2ccccc21)C(C)(C)C(=O)O. The Kier molecular flexibility index (Phi) is 7.58. The second-order valence-electron chi connectivity index (χ2n) is 10.7. The number of aliphatic carboxylic acids is 1. The number of carbonyl (C=O) groups excluding carboxylic acids is 2. The van der Waals surface area contributed by atoms with E-state index in [1.54, 1.807) is 6.92 Å². The van der Waals surface area contributed by atoms with Gasteiger partial charge in [0.25, 0.3) is 0 Å². The number of carboxylic acid groups (broad SMARTS) is 1. The molecule has 1 unspecified atom stereocenters. The van der Waals surface area contributed by atoms with E-state index in [1.807, 2.05) is 57.2 Å². The van der Waals surface area contributed by atoms with E-state index in [0.29, 0.717) is 6.42 Å². The van der Waals surface area contributed by atoms with E-state index >= 15 is 0 Å². The summed E-state index contributed by atoms with van der Waals surface area (Å²) in [5, 5.41) is 12.4. The van der Waals surface area contributed by atoms with Crippen molar-refractivity contribution in [2.75, 3.05) is 13.2 Å². The minimum atomic E-state index is -1.41. The zero-order valence-corrected chi connectivity index (χ0v) is 21.4. The minimum Gasteiger partial charge on any atom is -0.480 e. The summed E-state index contributed by atoms with van der Waals surface area (Å²) in [5.74, 6) is -1.64. The van der Waals surface area contributed by atoms with Crippen LogP contribution < -0.4 is 5.32 Å². The van der Waals surface area contributed by atoms with Crippen molar-refractivity contribution in [3.8, 4) is 11.1 Å². The van der Waals surface area contributed by atoms with E-state index in [4.69, 9.17) is 4.74 Å². The minimum absolute atomic E-state index is 0.0944. The maximum atomic E-state index is 13.4. The van der Waals surface area contributed by atoms with Crippen LogP contribution in [-0.2, 0) is 14.3 Å². The third-order valence-electron chi connectivity index (χ3n) is 6.53. The number of rotatable bonds is 8. The molecule has 0 aromatic heterocycles. The van der Waals surface area contributed by atoms with Crippen LogP contribution in [0.25, 0.3) is 11.1 Å². The maximum absolute atomic E-state index is 13.4. The molecule has 7 heteroatoms. The monoisotopic (exact) mass is 480 g/mol. The number of hydrogen-bond acceptors (Lipinski definition) is 4. The van der Waals surface area contributed by atoms with Crippen LogP contribution in [0.2, 0.25) is 0 Å². The molecule has 2 aromatic carbocycles. The molecule has 0 spiro atoms. The highest BCUT2D eigenvalue weighted by Crippen LogP contribution is 2.44. The third kappa shape index (κ3) is 5.66. The summed E-state index contributed by atoms with van der Waals surface area (Å²) in [6, 6.07) is 15.2. The van der Waals surface area contributed by atoms with Gasteiger partial charge in [0.1, 0.15) is 18.2 Å². The molecule has 0 bridgehead atoms. The lowest BCUT2D eigenvalue weighted by Crippen LogP contribution is -2.59. The van der Waals surface area contributed by atoms with Gasteiger partial charge in [-0.25, -0.2) is 9.59 Å². The Bertz CT molecular complexity index is 1060. The Morgan fingerprint density at radius 3 is 1.94 bits per heavy atom. The summed E-state index contributed by atoms with van der Waals surface area (Å²) in [4.78, 5) is 39.4. The molecule has 1 aliphatic rings.